The SMILES string of the molecule is CC1=N[C@H](C)[C@@H](CC2CCCCC2)O1. The van der Waals surface area contributed by atoms with Crippen LogP contribution in [0, 0.1) is 5.92 Å². The van der Waals surface area contributed by atoms with Crippen LogP contribution in [-0.2, 0) is 4.74 Å². The fourth-order valence-electron chi connectivity index (χ4n) is 2.71. The lowest BCUT2D eigenvalue weighted by Gasteiger charge is -2.25. The van der Waals surface area contributed by atoms with Crippen LogP contribution < -0.4 is 0 Å². The molecule has 0 unspecified atom stereocenters. The first-order valence-electron chi connectivity index (χ1n) is 5.97. The number of rotatable bonds is 2. The molecule has 0 aromatic rings. The molecule has 2 atom stereocenters. The Morgan fingerprint density at radius 3 is 2.57 bits per heavy atom. The van der Waals surface area contributed by atoms with E-state index in [9.17, 15) is 0 Å². The summed E-state index contributed by atoms with van der Waals surface area (Å²) < 4.78 is 5.73. The van der Waals surface area contributed by atoms with Crippen LogP contribution in [0.4, 0.5) is 0 Å². The number of nitrogens with zero attached hydrogens (tertiary/aromatic N) is 1. The Labute approximate surface area is 86.8 Å². The molecule has 2 rings (SSSR count). The summed E-state index contributed by atoms with van der Waals surface area (Å²) in [5.41, 5.74) is 0. The Bertz CT molecular complexity index is 218. The van der Waals surface area contributed by atoms with Crippen LogP contribution in [0.25, 0.3) is 0 Å². The van der Waals surface area contributed by atoms with Gasteiger partial charge in [-0.05, 0) is 19.3 Å². The number of hydrogen-bond acceptors (Lipinski definition) is 2. The van der Waals surface area contributed by atoms with Crippen molar-refractivity contribution < 1.29 is 4.74 Å². The third kappa shape index (κ3) is 2.28. The minimum Gasteiger partial charge on any atom is -0.476 e. The van der Waals surface area contributed by atoms with E-state index in [1.807, 2.05) is 6.92 Å². The van der Waals surface area contributed by atoms with Gasteiger partial charge in [-0.2, -0.15) is 0 Å². The second kappa shape index (κ2) is 4.33. The van der Waals surface area contributed by atoms with Gasteiger partial charge in [-0.25, -0.2) is 4.99 Å². The highest BCUT2D eigenvalue weighted by molar-refractivity contribution is 5.75. The van der Waals surface area contributed by atoms with Gasteiger partial charge in [-0.3, -0.25) is 0 Å². The first-order chi connectivity index (χ1) is 6.75. The number of aliphatic imine (C=N–C) groups is 1. The van der Waals surface area contributed by atoms with Gasteiger partial charge in [-0.15, -0.1) is 0 Å². The van der Waals surface area contributed by atoms with Gasteiger partial charge in [0.25, 0.3) is 0 Å². The largest absolute Gasteiger partial charge is 0.476 e. The zero-order valence-electron chi connectivity index (χ0n) is 9.33. The molecule has 80 valence electrons. The van der Waals surface area contributed by atoms with Gasteiger partial charge < -0.3 is 4.74 Å². The maximum Gasteiger partial charge on any atom is 0.180 e. The summed E-state index contributed by atoms with van der Waals surface area (Å²) in [6.07, 6.45) is 8.70. The molecule has 0 aromatic heterocycles. The molecule has 0 bridgehead atoms. The molecular formula is C12H21NO. The van der Waals surface area contributed by atoms with E-state index in [-0.39, 0.29) is 0 Å². The molecule has 2 aliphatic rings. The summed E-state index contributed by atoms with van der Waals surface area (Å²) in [6, 6.07) is 0.386. The van der Waals surface area contributed by atoms with Crippen LogP contribution in [-0.4, -0.2) is 18.0 Å². The van der Waals surface area contributed by atoms with E-state index in [0.717, 1.165) is 11.8 Å². The molecule has 1 aliphatic heterocycles. The van der Waals surface area contributed by atoms with Crippen LogP contribution in [0.3, 0.4) is 0 Å². The van der Waals surface area contributed by atoms with Crippen molar-refractivity contribution in [3.05, 3.63) is 0 Å². The van der Waals surface area contributed by atoms with Crippen LogP contribution in [0.1, 0.15) is 52.4 Å². The van der Waals surface area contributed by atoms with E-state index in [1.54, 1.807) is 0 Å². The summed E-state index contributed by atoms with van der Waals surface area (Å²) in [7, 11) is 0. The zero-order valence-corrected chi connectivity index (χ0v) is 9.33. The molecule has 1 heterocycles. The normalized spacial score (nSPS) is 34.0. The Hall–Kier alpha value is -0.530. The molecule has 2 nitrogen and oxygen atoms in total. The molecule has 1 saturated carbocycles. The Kier molecular flexibility index (Phi) is 3.09. The minimum atomic E-state index is 0.373. The summed E-state index contributed by atoms with van der Waals surface area (Å²) in [5, 5.41) is 0. The minimum absolute atomic E-state index is 0.373. The molecule has 0 aromatic carbocycles. The van der Waals surface area contributed by atoms with Crippen molar-refractivity contribution in [2.45, 2.75) is 64.5 Å². The van der Waals surface area contributed by atoms with Crippen LogP contribution in [0.2, 0.25) is 0 Å². The first kappa shape index (κ1) is 10.0. The van der Waals surface area contributed by atoms with Crippen molar-refractivity contribution in [3.63, 3.8) is 0 Å². The highest BCUT2D eigenvalue weighted by Gasteiger charge is 2.28. The maximum atomic E-state index is 5.73. The monoisotopic (exact) mass is 195 g/mol. The Morgan fingerprint density at radius 2 is 2.00 bits per heavy atom. The van der Waals surface area contributed by atoms with Gasteiger partial charge in [0.15, 0.2) is 5.90 Å². The van der Waals surface area contributed by atoms with Gasteiger partial charge in [0.2, 0.25) is 0 Å². The van der Waals surface area contributed by atoms with Gasteiger partial charge in [0.1, 0.15) is 6.10 Å². The summed E-state index contributed by atoms with van der Waals surface area (Å²) >= 11 is 0. The molecule has 0 amide bonds. The second-order valence-corrected chi connectivity index (χ2v) is 4.78. The summed E-state index contributed by atoms with van der Waals surface area (Å²) in [6.45, 7) is 4.14. The summed E-state index contributed by atoms with van der Waals surface area (Å²) in [5.74, 6) is 1.79. The molecule has 1 aliphatic carbocycles. The Balaban J connectivity index is 1.80. The molecule has 0 N–H and O–H groups in total. The van der Waals surface area contributed by atoms with Crippen molar-refractivity contribution in [2.24, 2.45) is 10.9 Å². The summed E-state index contributed by atoms with van der Waals surface area (Å²) in [4.78, 5) is 4.43. The van der Waals surface area contributed by atoms with Crippen molar-refractivity contribution >= 4 is 5.90 Å². The van der Waals surface area contributed by atoms with Gasteiger partial charge in [0, 0.05) is 6.92 Å². The van der Waals surface area contributed by atoms with E-state index in [2.05, 4.69) is 11.9 Å². The Morgan fingerprint density at radius 1 is 1.29 bits per heavy atom. The molecule has 0 spiro atoms. The standard InChI is InChI=1S/C12H21NO/c1-9-12(14-10(2)13-9)8-11-6-4-3-5-7-11/h9,11-12H,3-8H2,1-2H3/t9-,12-/m1/s1. The second-order valence-electron chi connectivity index (χ2n) is 4.78. The average Bonchev–Trinajstić information content (AvgIpc) is 2.47. The lowest BCUT2D eigenvalue weighted by Crippen LogP contribution is -2.24. The van der Waals surface area contributed by atoms with Crippen molar-refractivity contribution in [1.82, 2.24) is 0 Å². The van der Waals surface area contributed by atoms with E-state index in [0.29, 0.717) is 12.1 Å². The molecule has 0 radical (unpaired) electrons. The topological polar surface area (TPSA) is 21.6 Å². The molecule has 0 saturated heterocycles. The van der Waals surface area contributed by atoms with E-state index < -0.39 is 0 Å². The number of ether oxygens (including phenoxy) is 1. The smallest absolute Gasteiger partial charge is 0.180 e. The third-order valence-corrected chi connectivity index (χ3v) is 3.54. The molecular weight excluding hydrogens is 174 g/mol. The van der Waals surface area contributed by atoms with Gasteiger partial charge in [-0.1, -0.05) is 32.1 Å². The predicted octanol–water partition coefficient (Wildman–Crippen LogP) is 3.16. The lowest BCUT2D eigenvalue weighted by atomic mass is 9.84. The van der Waals surface area contributed by atoms with Crippen molar-refractivity contribution in [2.75, 3.05) is 0 Å². The predicted molar refractivity (Wildman–Crippen MR) is 58.6 cm³/mol. The molecule has 1 fully saturated rings. The molecule has 14 heavy (non-hydrogen) atoms. The van der Waals surface area contributed by atoms with Gasteiger partial charge >= 0.3 is 0 Å². The van der Waals surface area contributed by atoms with E-state index in [4.69, 9.17) is 4.74 Å². The zero-order chi connectivity index (χ0) is 9.97. The van der Waals surface area contributed by atoms with Gasteiger partial charge in [0.05, 0.1) is 6.04 Å². The fraction of sp³-hybridized carbons (Fsp3) is 0.917. The average molecular weight is 195 g/mol. The number of hydrogen-bond donors (Lipinski definition) is 0. The highest BCUT2D eigenvalue weighted by atomic mass is 16.5. The first-order valence-corrected chi connectivity index (χ1v) is 5.97. The highest BCUT2D eigenvalue weighted by Crippen LogP contribution is 2.30. The fourth-order valence-corrected chi connectivity index (χ4v) is 2.71. The van der Waals surface area contributed by atoms with E-state index in [1.165, 1.54) is 38.5 Å². The van der Waals surface area contributed by atoms with Crippen LogP contribution in [0.5, 0.6) is 0 Å². The van der Waals surface area contributed by atoms with Crippen molar-refractivity contribution in [3.8, 4) is 0 Å². The van der Waals surface area contributed by atoms with E-state index >= 15 is 0 Å². The maximum absolute atomic E-state index is 5.73. The van der Waals surface area contributed by atoms with Crippen LogP contribution >= 0.6 is 0 Å². The lowest BCUT2D eigenvalue weighted by molar-refractivity contribution is 0.147. The quantitative estimate of drug-likeness (QED) is 0.663. The third-order valence-electron chi connectivity index (χ3n) is 3.54. The van der Waals surface area contributed by atoms with Crippen molar-refractivity contribution in [1.29, 1.82) is 0 Å². The molecule has 2 heteroatoms. The van der Waals surface area contributed by atoms with Crippen LogP contribution in [0.15, 0.2) is 4.99 Å².